The number of rotatable bonds is 12. The average Bonchev–Trinajstić information content (AvgIpc) is 3.09. The van der Waals surface area contributed by atoms with Crippen LogP contribution in [0.15, 0.2) is 40.7 Å². The lowest BCUT2D eigenvalue weighted by atomic mass is 10.2. The van der Waals surface area contributed by atoms with E-state index in [-0.39, 0.29) is 0 Å². The third kappa shape index (κ3) is 13.6. The number of aromatic nitrogens is 2. The highest BCUT2D eigenvalue weighted by molar-refractivity contribution is 5.63. The van der Waals surface area contributed by atoms with Gasteiger partial charge < -0.3 is 5.32 Å². The van der Waals surface area contributed by atoms with E-state index in [1.54, 1.807) is 15.9 Å². The number of nitrogens with zero attached hydrogens (tertiary/aromatic N) is 5. The predicted octanol–water partition coefficient (Wildman–Crippen LogP) is 5.09. The van der Waals surface area contributed by atoms with Gasteiger partial charge in [-0.3, -0.25) is 5.01 Å². The predicted molar refractivity (Wildman–Crippen MR) is 120 cm³/mol. The molecule has 1 heterocycles. The minimum Gasteiger partial charge on any atom is -0.317 e. The van der Waals surface area contributed by atoms with Crippen LogP contribution < -0.4 is 5.32 Å². The first-order chi connectivity index (χ1) is 12.9. The lowest BCUT2D eigenvalue weighted by molar-refractivity contribution is 0.491. The van der Waals surface area contributed by atoms with E-state index in [2.05, 4.69) is 40.7 Å². The van der Waals surface area contributed by atoms with Crippen molar-refractivity contribution in [2.75, 3.05) is 20.1 Å². The van der Waals surface area contributed by atoms with Crippen molar-refractivity contribution in [2.24, 2.45) is 10.1 Å². The molecule has 0 bridgehead atoms. The van der Waals surface area contributed by atoms with E-state index >= 15 is 0 Å². The molecule has 6 heteroatoms. The molecule has 0 aliphatic rings. The summed E-state index contributed by atoms with van der Waals surface area (Å²) in [5.41, 5.74) is 2.11. The number of unbranched alkanes of at least 4 members (excludes halogenated alkanes) is 3. The molecule has 0 radical (unpaired) electrons. The van der Waals surface area contributed by atoms with Crippen LogP contribution >= 0.6 is 0 Å². The zero-order valence-corrected chi connectivity index (χ0v) is 17.9. The molecule has 1 rings (SSSR count). The van der Waals surface area contributed by atoms with Crippen molar-refractivity contribution < 1.29 is 0 Å². The standard InChI is InChI=1S/C15H26N4.C6H12N2/c1-4-10-16-11-7-5-6-8-12-17-15-9-13-18-19(15)14(2)3;1-6(2)5-8(4)7-3/h9,12-13,16H,2,4-8,10-11H2,1,3H3;5H,3H2,1-2,4H3/b17-12+;. The number of aliphatic imine (C=N–C) groups is 1. The molecule has 0 atom stereocenters. The van der Waals surface area contributed by atoms with E-state index in [1.165, 1.54) is 31.3 Å². The van der Waals surface area contributed by atoms with Crippen LogP contribution in [-0.2, 0) is 0 Å². The molecule has 0 saturated carbocycles. The smallest absolute Gasteiger partial charge is 0.154 e. The van der Waals surface area contributed by atoms with Crippen LogP contribution in [0.5, 0.6) is 0 Å². The first kappa shape index (κ1) is 24.8. The normalized spacial score (nSPS) is 10.3. The number of nitrogens with one attached hydrogen (secondary N) is 1. The lowest BCUT2D eigenvalue weighted by Crippen LogP contribution is -2.15. The van der Waals surface area contributed by atoms with Gasteiger partial charge in [-0.1, -0.05) is 25.5 Å². The molecular weight excluding hydrogens is 336 g/mol. The van der Waals surface area contributed by atoms with Gasteiger partial charge in [0.15, 0.2) is 5.82 Å². The summed E-state index contributed by atoms with van der Waals surface area (Å²) in [4.78, 5) is 4.43. The molecule has 6 nitrogen and oxygen atoms in total. The maximum atomic E-state index is 4.43. The molecule has 1 aromatic heterocycles. The van der Waals surface area contributed by atoms with Gasteiger partial charge in [-0.05, 0) is 59.5 Å². The van der Waals surface area contributed by atoms with Crippen LogP contribution in [-0.4, -0.2) is 47.9 Å². The molecule has 1 aromatic rings. The minimum absolute atomic E-state index is 0.858. The first-order valence-corrected chi connectivity index (χ1v) is 9.70. The molecular formula is C21H38N6. The summed E-state index contributed by atoms with van der Waals surface area (Å²) in [6.07, 6.45) is 11.6. The summed E-state index contributed by atoms with van der Waals surface area (Å²) in [5.74, 6) is 0.858. The minimum atomic E-state index is 0.858. The second kappa shape index (κ2) is 16.0. The summed E-state index contributed by atoms with van der Waals surface area (Å²) < 4.78 is 1.76. The highest BCUT2D eigenvalue weighted by Crippen LogP contribution is 2.14. The Morgan fingerprint density at radius 3 is 2.56 bits per heavy atom. The first-order valence-electron chi connectivity index (χ1n) is 9.70. The molecule has 152 valence electrons. The van der Waals surface area contributed by atoms with Gasteiger partial charge in [0.1, 0.15) is 0 Å². The van der Waals surface area contributed by atoms with Gasteiger partial charge in [0.25, 0.3) is 0 Å². The highest BCUT2D eigenvalue weighted by Gasteiger charge is 1.99. The third-order valence-corrected chi connectivity index (χ3v) is 3.49. The molecule has 0 amide bonds. The van der Waals surface area contributed by atoms with E-state index < -0.39 is 0 Å². The summed E-state index contributed by atoms with van der Waals surface area (Å²) >= 11 is 0. The lowest BCUT2D eigenvalue weighted by Gasteiger charge is -2.03. The molecule has 0 saturated heterocycles. The zero-order chi connectivity index (χ0) is 20.5. The van der Waals surface area contributed by atoms with Crippen LogP contribution in [0.3, 0.4) is 0 Å². The van der Waals surface area contributed by atoms with Crippen molar-refractivity contribution in [1.29, 1.82) is 0 Å². The Labute approximate surface area is 165 Å². The fourth-order valence-electron chi connectivity index (χ4n) is 2.23. The van der Waals surface area contributed by atoms with Crippen molar-refractivity contribution in [2.45, 2.75) is 59.8 Å². The SMILES string of the molecule is C=C(C)n1nccc1/N=C/CCCCCNCCC.C=NN(C)C=C(C)C. The molecule has 0 aromatic carbocycles. The Morgan fingerprint density at radius 1 is 1.26 bits per heavy atom. The van der Waals surface area contributed by atoms with E-state index in [0.717, 1.165) is 31.0 Å². The van der Waals surface area contributed by atoms with Crippen molar-refractivity contribution in [3.63, 3.8) is 0 Å². The Hall–Kier alpha value is -2.21. The van der Waals surface area contributed by atoms with Crippen molar-refractivity contribution >= 4 is 24.4 Å². The topological polar surface area (TPSA) is 57.8 Å². The fourth-order valence-corrected chi connectivity index (χ4v) is 2.23. The Balaban J connectivity index is 0.000000713. The molecule has 0 fully saturated rings. The number of hydrazone groups is 1. The summed E-state index contributed by atoms with van der Waals surface area (Å²) in [6.45, 7) is 17.6. The summed E-state index contributed by atoms with van der Waals surface area (Å²) in [5, 5.41) is 12.9. The van der Waals surface area contributed by atoms with E-state index in [9.17, 15) is 0 Å². The Morgan fingerprint density at radius 2 is 2.00 bits per heavy atom. The van der Waals surface area contributed by atoms with Crippen LogP contribution in [0.1, 0.15) is 59.8 Å². The molecule has 0 aliphatic carbocycles. The van der Waals surface area contributed by atoms with Gasteiger partial charge in [0.05, 0.1) is 6.20 Å². The molecule has 0 unspecified atom stereocenters. The van der Waals surface area contributed by atoms with Crippen LogP contribution in [0, 0.1) is 0 Å². The number of hydrogen-bond acceptors (Lipinski definition) is 5. The van der Waals surface area contributed by atoms with E-state index in [1.807, 2.05) is 46.3 Å². The second-order valence-corrected chi connectivity index (χ2v) is 6.67. The van der Waals surface area contributed by atoms with E-state index in [4.69, 9.17) is 0 Å². The zero-order valence-electron chi connectivity index (χ0n) is 17.9. The van der Waals surface area contributed by atoms with Crippen LogP contribution in [0.25, 0.3) is 5.70 Å². The monoisotopic (exact) mass is 374 g/mol. The fraction of sp³-hybridized carbons (Fsp3) is 0.571. The van der Waals surface area contributed by atoms with Gasteiger partial charge in [-0.2, -0.15) is 10.2 Å². The number of hydrogen-bond donors (Lipinski definition) is 1. The Kier molecular flexibility index (Phi) is 14.7. The van der Waals surface area contributed by atoms with Crippen LogP contribution in [0.4, 0.5) is 5.82 Å². The summed E-state index contributed by atoms with van der Waals surface area (Å²) in [6, 6.07) is 1.90. The molecule has 27 heavy (non-hydrogen) atoms. The largest absolute Gasteiger partial charge is 0.317 e. The highest BCUT2D eigenvalue weighted by atomic mass is 15.4. The van der Waals surface area contributed by atoms with Crippen molar-refractivity contribution in [3.8, 4) is 0 Å². The average molecular weight is 375 g/mol. The summed E-state index contributed by atoms with van der Waals surface area (Å²) in [7, 11) is 1.85. The van der Waals surface area contributed by atoms with Gasteiger partial charge in [0.2, 0.25) is 0 Å². The third-order valence-electron chi connectivity index (χ3n) is 3.49. The molecule has 1 N–H and O–H groups in total. The quantitative estimate of drug-likeness (QED) is 0.315. The van der Waals surface area contributed by atoms with Gasteiger partial charge in [-0.15, -0.1) is 0 Å². The maximum Gasteiger partial charge on any atom is 0.154 e. The van der Waals surface area contributed by atoms with Gasteiger partial charge in [-0.25, -0.2) is 9.67 Å². The Bertz CT molecular complexity index is 581. The van der Waals surface area contributed by atoms with Crippen LogP contribution in [0.2, 0.25) is 0 Å². The second-order valence-electron chi connectivity index (χ2n) is 6.67. The van der Waals surface area contributed by atoms with E-state index in [0.29, 0.717) is 0 Å². The molecule has 0 spiro atoms. The molecule has 0 aliphatic heterocycles. The van der Waals surface area contributed by atoms with Crippen molar-refractivity contribution in [1.82, 2.24) is 20.1 Å². The number of allylic oxidation sites excluding steroid dienone is 2. The maximum absolute atomic E-state index is 4.43. The van der Waals surface area contributed by atoms with Gasteiger partial charge in [0, 0.05) is 37.9 Å². The van der Waals surface area contributed by atoms with Gasteiger partial charge >= 0.3 is 0 Å². The van der Waals surface area contributed by atoms with Crippen molar-refractivity contribution in [3.05, 3.63) is 30.6 Å².